The van der Waals surface area contributed by atoms with Crippen LogP contribution < -0.4 is 5.32 Å². The molecule has 2 heterocycles. The predicted octanol–water partition coefficient (Wildman–Crippen LogP) is 5.53. The molecule has 1 saturated carbocycles. The minimum Gasteiger partial charge on any atom is -0.361 e. The lowest BCUT2D eigenvalue weighted by Crippen LogP contribution is -2.32. The van der Waals surface area contributed by atoms with E-state index < -0.39 is 0 Å². The molecule has 0 bridgehead atoms. The zero-order chi connectivity index (χ0) is 15.6. The first kappa shape index (κ1) is 15.0. The average Bonchev–Trinajstić information content (AvgIpc) is 3.25. The van der Waals surface area contributed by atoms with Gasteiger partial charge in [0.15, 0.2) is 0 Å². The second kappa shape index (κ2) is 6.50. The molecule has 3 heteroatoms. The Bertz CT molecular complexity index is 764. The Labute approximate surface area is 141 Å². The summed E-state index contributed by atoms with van der Waals surface area (Å²) in [6.07, 6.45) is 7.45. The number of benzene rings is 1. The quantitative estimate of drug-likeness (QED) is 0.648. The number of aromatic amines is 1. The van der Waals surface area contributed by atoms with Gasteiger partial charge < -0.3 is 10.3 Å². The van der Waals surface area contributed by atoms with E-state index in [-0.39, 0.29) is 0 Å². The van der Waals surface area contributed by atoms with Crippen LogP contribution >= 0.6 is 11.3 Å². The van der Waals surface area contributed by atoms with Gasteiger partial charge in [0.05, 0.1) is 0 Å². The van der Waals surface area contributed by atoms with Crippen LogP contribution in [0.3, 0.4) is 0 Å². The zero-order valence-electron chi connectivity index (χ0n) is 13.6. The highest BCUT2D eigenvalue weighted by molar-refractivity contribution is 7.13. The molecular formula is C20H24N2S. The van der Waals surface area contributed by atoms with Crippen LogP contribution in [0.15, 0.2) is 41.9 Å². The summed E-state index contributed by atoms with van der Waals surface area (Å²) in [6, 6.07) is 11.9. The number of hydrogen-bond acceptors (Lipinski definition) is 2. The lowest BCUT2D eigenvalue weighted by Gasteiger charge is -2.29. The smallest absolute Gasteiger partial charge is 0.0457 e. The van der Waals surface area contributed by atoms with Gasteiger partial charge in [0.1, 0.15) is 0 Å². The molecule has 4 rings (SSSR count). The monoisotopic (exact) mass is 324 g/mol. The van der Waals surface area contributed by atoms with Crippen molar-refractivity contribution >= 4 is 22.2 Å². The van der Waals surface area contributed by atoms with Crippen molar-refractivity contribution in [3.8, 4) is 10.4 Å². The molecule has 0 radical (unpaired) electrons. The molecule has 0 aliphatic heterocycles. The minimum absolute atomic E-state index is 0.706. The van der Waals surface area contributed by atoms with Crippen LogP contribution in [0.1, 0.15) is 44.1 Å². The summed E-state index contributed by atoms with van der Waals surface area (Å²) in [7, 11) is 0. The molecule has 0 unspecified atom stereocenters. The van der Waals surface area contributed by atoms with E-state index in [2.05, 4.69) is 59.1 Å². The second-order valence-corrected chi connectivity index (χ2v) is 7.54. The van der Waals surface area contributed by atoms with Crippen LogP contribution in [0, 0.1) is 0 Å². The van der Waals surface area contributed by atoms with Crippen molar-refractivity contribution < 1.29 is 0 Å². The first-order valence-electron chi connectivity index (χ1n) is 8.73. The lowest BCUT2D eigenvalue weighted by molar-refractivity contribution is 0.349. The fourth-order valence-electron chi connectivity index (χ4n) is 3.97. The molecule has 1 aliphatic carbocycles. The lowest BCUT2D eigenvalue weighted by atomic mass is 9.81. The largest absolute Gasteiger partial charge is 0.361 e. The number of rotatable bonds is 4. The van der Waals surface area contributed by atoms with Gasteiger partial charge in [-0.25, -0.2) is 0 Å². The molecule has 0 amide bonds. The Morgan fingerprint density at radius 3 is 2.78 bits per heavy atom. The molecule has 23 heavy (non-hydrogen) atoms. The van der Waals surface area contributed by atoms with Crippen LogP contribution in [0.2, 0.25) is 0 Å². The highest BCUT2D eigenvalue weighted by Gasteiger charge is 2.23. The molecule has 1 fully saturated rings. The van der Waals surface area contributed by atoms with Crippen molar-refractivity contribution in [2.75, 3.05) is 6.54 Å². The first-order chi connectivity index (χ1) is 11.3. The fraction of sp³-hybridized carbons (Fsp3) is 0.400. The average molecular weight is 324 g/mol. The van der Waals surface area contributed by atoms with Crippen LogP contribution in [-0.4, -0.2) is 17.6 Å². The third-order valence-electron chi connectivity index (χ3n) is 5.18. The van der Waals surface area contributed by atoms with Crippen LogP contribution in [0.5, 0.6) is 0 Å². The number of H-pyrrole nitrogens is 1. The maximum absolute atomic E-state index is 3.61. The number of aromatic nitrogens is 1. The molecule has 0 saturated heterocycles. The van der Waals surface area contributed by atoms with E-state index in [0.717, 1.165) is 12.6 Å². The van der Waals surface area contributed by atoms with Crippen molar-refractivity contribution in [2.24, 2.45) is 0 Å². The van der Waals surface area contributed by atoms with Gasteiger partial charge in [-0.3, -0.25) is 0 Å². The van der Waals surface area contributed by atoms with E-state index >= 15 is 0 Å². The van der Waals surface area contributed by atoms with Crippen molar-refractivity contribution in [3.05, 3.63) is 47.5 Å². The SMILES string of the molecule is CCNC1CCC(c2c[nH]c3ccc(-c4cccs4)cc23)CC1. The van der Waals surface area contributed by atoms with Crippen molar-refractivity contribution in [1.82, 2.24) is 10.3 Å². The maximum Gasteiger partial charge on any atom is 0.0457 e. The molecule has 2 N–H and O–H groups in total. The van der Waals surface area contributed by atoms with Gasteiger partial charge in [-0.2, -0.15) is 0 Å². The Balaban J connectivity index is 1.62. The Morgan fingerprint density at radius 1 is 1.17 bits per heavy atom. The molecule has 0 spiro atoms. The Hall–Kier alpha value is -1.58. The molecule has 0 atom stereocenters. The fourth-order valence-corrected chi connectivity index (χ4v) is 4.70. The Kier molecular flexibility index (Phi) is 4.23. The first-order valence-corrected chi connectivity index (χ1v) is 9.61. The molecule has 2 nitrogen and oxygen atoms in total. The molecule has 2 aromatic heterocycles. The maximum atomic E-state index is 3.61. The predicted molar refractivity (Wildman–Crippen MR) is 100 cm³/mol. The van der Waals surface area contributed by atoms with E-state index in [1.54, 1.807) is 0 Å². The number of nitrogens with one attached hydrogen (secondary N) is 2. The standard InChI is InChI=1S/C20H24N2S/c1-2-21-16-8-5-14(6-9-16)18-13-22-19-10-7-15(12-17(18)19)20-4-3-11-23-20/h3-4,7,10-14,16,21-22H,2,5-6,8-9H2,1H3. The summed E-state index contributed by atoms with van der Waals surface area (Å²) in [5, 5.41) is 7.18. The van der Waals surface area contributed by atoms with Gasteiger partial charge >= 0.3 is 0 Å². The van der Waals surface area contributed by atoms with Gasteiger partial charge in [-0.15, -0.1) is 11.3 Å². The molecule has 1 aromatic carbocycles. The summed E-state index contributed by atoms with van der Waals surface area (Å²) in [6.45, 7) is 3.30. The summed E-state index contributed by atoms with van der Waals surface area (Å²) < 4.78 is 0. The highest BCUT2D eigenvalue weighted by Crippen LogP contribution is 2.38. The molecular weight excluding hydrogens is 300 g/mol. The van der Waals surface area contributed by atoms with E-state index in [9.17, 15) is 0 Å². The van der Waals surface area contributed by atoms with E-state index in [1.807, 2.05) is 11.3 Å². The van der Waals surface area contributed by atoms with E-state index in [4.69, 9.17) is 0 Å². The topological polar surface area (TPSA) is 27.8 Å². The van der Waals surface area contributed by atoms with Crippen LogP contribution in [-0.2, 0) is 0 Å². The number of hydrogen-bond donors (Lipinski definition) is 2. The van der Waals surface area contributed by atoms with Gasteiger partial charge in [0, 0.05) is 28.0 Å². The summed E-state index contributed by atoms with van der Waals surface area (Å²) in [5.74, 6) is 0.706. The van der Waals surface area contributed by atoms with E-state index in [0.29, 0.717) is 5.92 Å². The highest BCUT2D eigenvalue weighted by atomic mass is 32.1. The third kappa shape index (κ3) is 2.96. The summed E-state index contributed by atoms with van der Waals surface area (Å²) in [5.41, 5.74) is 4.14. The summed E-state index contributed by atoms with van der Waals surface area (Å²) in [4.78, 5) is 4.84. The summed E-state index contributed by atoms with van der Waals surface area (Å²) >= 11 is 1.82. The third-order valence-corrected chi connectivity index (χ3v) is 6.10. The van der Waals surface area contributed by atoms with Crippen molar-refractivity contribution in [3.63, 3.8) is 0 Å². The molecule has 1 aliphatic rings. The van der Waals surface area contributed by atoms with Crippen LogP contribution in [0.4, 0.5) is 0 Å². The van der Waals surface area contributed by atoms with Gasteiger partial charge in [0.2, 0.25) is 0 Å². The molecule has 3 aromatic rings. The van der Waals surface area contributed by atoms with E-state index in [1.165, 1.54) is 52.6 Å². The number of thiophene rings is 1. The Morgan fingerprint density at radius 2 is 2.04 bits per heavy atom. The second-order valence-electron chi connectivity index (χ2n) is 6.59. The molecule has 120 valence electrons. The number of fused-ring (bicyclic) bond motifs is 1. The normalized spacial score (nSPS) is 21.8. The van der Waals surface area contributed by atoms with Gasteiger partial charge in [-0.05, 0) is 72.9 Å². The van der Waals surface area contributed by atoms with Gasteiger partial charge in [-0.1, -0.05) is 19.1 Å². The van der Waals surface area contributed by atoms with Crippen molar-refractivity contribution in [2.45, 2.75) is 44.6 Å². The minimum atomic E-state index is 0.706. The van der Waals surface area contributed by atoms with Gasteiger partial charge in [0.25, 0.3) is 0 Å². The zero-order valence-corrected chi connectivity index (χ0v) is 14.5. The van der Waals surface area contributed by atoms with Crippen LogP contribution in [0.25, 0.3) is 21.3 Å². The van der Waals surface area contributed by atoms with Crippen molar-refractivity contribution in [1.29, 1.82) is 0 Å².